The van der Waals surface area contributed by atoms with Gasteiger partial charge in [0.05, 0.1) is 24.3 Å². The van der Waals surface area contributed by atoms with Crippen molar-refractivity contribution in [3.05, 3.63) is 53.3 Å². The van der Waals surface area contributed by atoms with Crippen LogP contribution < -0.4 is 4.74 Å². The zero-order valence-corrected chi connectivity index (χ0v) is 24.7. The number of hydrogen-bond donors (Lipinski definition) is 0. The highest BCUT2D eigenvalue weighted by Gasteiger charge is 2.48. The minimum absolute atomic E-state index is 0.0607. The molecule has 0 atom stereocenters. The zero-order chi connectivity index (χ0) is 28.6. The smallest absolute Gasteiger partial charge is 0.311 e. The number of carbonyl (C=O) groups excluding carboxylic acids is 1. The fourth-order valence-corrected chi connectivity index (χ4v) is 7.21. The fraction of sp³-hybridized carbons (Fsp3) is 0.588. The van der Waals surface area contributed by atoms with Crippen LogP contribution in [0.5, 0.6) is 5.75 Å². The van der Waals surface area contributed by atoms with Crippen molar-refractivity contribution >= 4 is 11.7 Å². The fourth-order valence-electron chi connectivity index (χ4n) is 7.21. The highest BCUT2D eigenvalue weighted by molar-refractivity contribution is 5.88. The Balaban J connectivity index is 1.11. The van der Waals surface area contributed by atoms with Crippen LogP contribution in [0.1, 0.15) is 82.8 Å². The SMILES string of the molecule is CCOC(=O)C1(C)CCC(C2=NOCC3(C2)CN(Cc2cc(OCC)c(-c4ccc(F)cc4)c(C4CC4)c2)C3)CC1. The van der Waals surface area contributed by atoms with Crippen molar-refractivity contribution in [3.8, 4) is 16.9 Å². The summed E-state index contributed by atoms with van der Waals surface area (Å²) in [6.07, 6.45) is 6.96. The van der Waals surface area contributed by atoms with Gasteiger partial charge in [0.1, 0.15) is 18.2 Å². The Hall–Kier alpha value is -2.93. The quantitative estimate of drug-likeness (QED) is 0.305. The minimum Gasteiger partial charge on any atom is -0.493 e. The first-order valence-electron chi connectivity index (χ1n) is 15.5. The molecule has 4 aliphatic rings. The lowest BCUT2D eigenvalue weighted by atomic mass is 9.67. The molecule has 2 saturated carbocycles. The summed E-state index contributed by atoms with van der Waals surface area (Å²) in [5.41, 5.74) is 5.66. The van der Waals surface area contributed by atoms with Crippen molar-refractivity contribution in [2.45, 2.75) is 78.2 Å². The van der Waals surface area contributed by atoms with E-state index in [1.165, 1.54) is 41.8 Å². The maximum Gasteiger partial charge on any atom is 0.311 e. The van der Waals surface area contributed by atoms with Crippen LogP contribution in [0.2, 0.25) is 0 Å². The first-order valence-corrected chi connectivity index (χ1v) is 15.5. The van der Waals surface area contributed by atoms with Gasteiger partial charge in [-0.05, 0) is 100 Å². The number of ether oxygens (including phenoxy) is 2. The second-order valence-electron chi connectivity index (χ2n) is 13.0. The van der Waals surface area contributed by atoms with Crippen LogP contribution in [0.25, 0.3) is 11.1 Å². The van der Waals surface area contributed by atoms with Crippen LogP contribution in [0, 0.1) is 22.6 Å². The molecule has 0 amide bonds. The molecule has 1 spiro atoms. The van der Waals surface area contributed by atoms with E-state index in [1.807, 2.05) is 32.9 Å². The molecule has 1 saturated heterocycles. The third kappa shape index (κ3) is 5.88. The normalized spacial score (nSPS) is 25.7. The maximum absolute atomic E-state index is 13.7. The van der Waals surface area contributed by atoms with Gasteiger partial charge < -0.3 is 14.3 Å². The van der Waals surface area contributed by atoms with E-state index in [0.29, 0.717) is 31.7 Å². The van der Waals surface area contributed by atoms with Gasteiger partial charge in [0.25, 0.3) is 0 Å². The van der Waals surface area contributed by atoms with Crippen molar-refractivity contribution in [2.75, 3.05) is 32.9 Å². The summed E-state index contributed by atoms with van der Waals surface area (Å²) in [4.78, 5) is 20.8. The molecule has 7 heteroatoms. The largest absolute Gasteiger partial charge is 0.493 e. The second-order valence-corrected chi connectivity index (χ2v) is 13.0. The number of carbonyl (C=O) groups is 1. The van der Waals surface area contributed by atoms with Gasteiger partial charge in [-0.25, -0.2) is 4.39 Å². The Kier molecular flexibility index (Phi) is 7.84. The Labute approximate surface area is 243 Å². The summed E-state index contributed by atoms with van der Waals surface area (Å²) in [6, 6.07) is 11.3. The lowest BCUT2D eigenvalue weighted by Crippen LogP contribution is -2.60. The number of nitrogens with zero attached hydrogens (tertiary/aromatic N) is 2. The molecule has 6 nitrogen and oxygen atoms in total. The molecule has 2 aliphatic heterocycles. The number of rotatable bonds is 9. The number of esters is 1. The van der Waals surface area contributed by atoms with Crippen LogP contribution in [0.4, 0.5) is 4.39 Å². The molecule has 2 aliphatic carbocycles. The molecule has 6 rings (SSSR count). The molecule has 2 aromatic carbocycles. The van der Waals surface area contributed by atoms with Crippen molar-refractivity contribution < 1.29 is 23.5 Å². The van der Waals surface area contributed by atoms with Crippen LogP contribution in [0.15, 0.2) is 41.6 Å². The molecule has 2 aromatic rings. The molecule has 0 radical (unpaired) electrons. The van der Waals surface area contributed by atoms with E-state index in [1.54, 1.807) is 0 Å². The first kappa shape index (κ1) is 28.2. The van der Waals surface area contributed by atoms with Gasteiger partial charge >= 0.3 is 5.97 Å². The highest BCUT2D eigenvalue weighted by Crippen LogP contribution is 2.49. The number of oxime groups is 1. The van der Waals surface area contributed by atoms with Crippen LogP contribution in [-0.4, -0.2) is 49.5 Å². The minimum atomic E-state index is -0.376. The number of likely N-dealkylation sites (tertiary alicyclic amines) is 1. The van der Waals surface area contributed by atoms with Gasteiger partial charge in [-0.15, -0.1) is 0 Å². The summed E-state index contributed by atoms with van der Waals surface area (Å²) in [7, 11) is 0. The molecule has 0 N–H and O–H groups in total. The summed E-state index contributed by atoms with van der Waals surface area (Å²) in [5, 5.41) is 4.52. The van der Waals surface area contributed by atoms with E-state index < -0.39 is 0 Å². The molecule has 2 heterocycles. The van der Waals surface area contributed by atoms with Gasteiger partial charge in [0.2, 0.25) is 0 Å². The Morgan fingerprint density at radius 2 is 1.78 bits per heavy atom. The third-order valence-corrected chi connectivity index (χ3v) is 9.60. The lowest BCUT2D eigenvalue weighted by molar-refractivity contribution is -0.156. The summed E-state index contributed by atoms with van der Waals surface area (Å²) in [6.45, 7) is 10.5. The van der Waals surface area contributed by atoms with E-state index >= 15 is 0 Å². The number of benzene rings is 2. The summed E-state index contributed by atoms with van der Waals surface area (Å²) in [5.74, 6) is 1.55. The number of halogens is 1. The van der Waals surface area contributed by atoms with Crippen molar-refractivity contribution in [2.24, 2.45) is 21.9 Å². The Bertz CT molecular complexity index is 1290. The average molecular weight is 563 g/mol. The average Bonchev–Trinajstić information content (AvgIpc) is 3.79. The van der Waals surface area contributed by atoms with Gasteiger partial charge in [-0.3, -0.25) is 9.69 Å². The third-order valence-electron chi connectivity index (χ3n) is 9.60. The molecule has 0 bridgehead atoms. The van der Waals surface area contributed by atoms with Crippen molar-refractivity contribution in [1.29, 1.82) is 0 Å². The molecular weight excluding hydrogens is 519 g/mol. The monoisotopic (exact) mass is 562 g/mol. The van der Waals surface area contributed by atoms with Crippen LogP contribution in [0.3, 0.4) is 0 Å². The standard InChI is InChI=1S/C34H43FN2O4/c1-4-39-30-17-23(16-28(24-6-7-24)31(30)26-8-10-27(35)11-9-26)19-37-20-34(21-37)18-29(36-41-22-34)25-12-14-33(3,15-13-25)32(38)40-5-2/h8-11,16-17,24-25H,4-7,12-15,18-22H2,1-3H3. The lowest BCUT2D eigenvalue weighted by Gasteiger charge is -2.51. The second kappa shape index (κ2) is 11.4. The predicted molar refractivity (Wildman–Crippen MR) is 157 cm³/mol. The van der Waals surface area contributed by atoms with Gasteiger partial charge in [-0.2, -0.15) is 0 Å². The summed E-state index contributed by atoms with van der Waals surface area (Å²) < 4.78 is 25.2. The Morgan fingerprint density at radius 3 is 2.44 bits per heavy atom. The van der Waals surface area contributed by atoms with Crippen LogP contribution in [-0.2, 0) is 20.9 Å². The molecule has 220 valence electrons. The van der Waals surface area contributed by atoms with E-state index in [0.717, 1.165) is 68.6 Å². The van der Waals surface area contributed by atoms with E-state index in [-0.39, 0.29) is 22.6 Å². The van der Waals surface area contributed by atoms with E-state index in [9.17, 15) is 9.18 Å². The number of hydrogen-bond acceptors (Lipinski definition) is 6. The Morgan fingerprint density at radius 1 is 1.05 bits per heavy atom. The van der Waals surface area contributed by atoms with Gasteiger partial charge in [0.15, 0.2) is 0 Å². The van der Waals surface area contributed by atoms with Gasteiger partial charge in [0, 0.05) is 43.0 Å². The van der Waals surface area contributed by atoms with E-state index in [4.69, 9.17) is 14.3 Å². The molecule has 3 fully saturated rings. The molecular formula is C34H43FN2O4. The van der Waals surface area contributed by atoms with Crippen LogP contribution >= 0.6 is 0 Å². The van der Waals surface area contributed by atoms with Gasteiger partial charge in [-0.1, -0.05) is 23.4 Å². The predicted octanol–water partition coefficient (Wildman–Crippen LogP) is 7.11. The van der Waals surface area contributed by atoms with Crippen molar-refractivity contribution in [3.63, 3.8) is 0 Å². The first-order chi connectivity index (χ1) is 19.8. The molecule has 41 heavy (non-hydrogen) atoms. The molecule has 0 unspecified atom stereocenters. The molecule has 0 aromatic heterocycles. The summed E-state index contributed by atoms with van der Waals surface area (Å²) >= 11 is 0. The topological polar surface area (TPSA) is 60.4 Å². The van der Waals surface area contributed by atoms with Crippen molar-refractivity contribution in [1.82, 2.24) is 4.90 Å². The zero-order valence-electron chi connectivity index (χ0n) is 24.7. The highest BCUT2D eigenvalue weighted by atomic mass is 19.1. The maximum atomic E-state index is 13.7. The van der Waals surface area contributed by atoms with E-state index in [2.05, 4.69) is 22.2 Å².